The number of carbonyl (C=O) groups excluding carboxylic acids is 3. The topological polar surface area (TPSA) is 108 Å². The molecule has 2 rings (SSSR count). The number of anilines is 1. The summed E-state index contributed by atoms with van der Waals surface area (Å²) in [5, 5.41) is 15.8. The Morgan fingerprint density at radius 3 is 1.82 bits per heavy atom. The second-order valence-corrected chi connectivity index (χ2v) is 11.7. The molecule has 0 saturated carbocycles. The van der Waals surface area contributed by atoms with Gasteiger partial charge in [-0.15, -0.1) is 0 Å². The van der Waals surface area contributed by atoms with Crippen molar-refractivity contribution in [3.8, 4) is 0 Å². The lowest BCUT2D eigenvalue weighted by Gasteiger charge is -2.45. The Kier molecular flexibility index (Phi) is 10.3. The van der Waals surface area contributed by atoms with Gasteiger partial charge in [0.05, 0.1) is 6.61 Å². The molecule has 0 saturated heterocycles. The highest BCUT2D eigenvalue weighted by molar-refractivity contribution is 6.00. The largest absolute Gasteiger partial charge is 0.444 e. The van der Waals surface area contributed by atoms with Crippen molar-refractivity contribution in [1.82, 2.24) is 10.2 Å². The van der Waals surface area contributed by atoms with Crippen LogP contribution >= 0.6 is 0 Å². The number of ether oxygens (including phenoxy) is 1. The minimum Gasteiger partial charge on any atom is -0.444 e. The van der Waals surface area contributed by atoms with Gasteiger partial charge in [0, 0.05) is 11.2 Å². The van der Waals surface area contributed by atoms with Gasteiger partial charge in [0.1, 0.15) is 17.7 Å². The number of rotatable bonds is 9. The van der Waals surface area contributed by atoms with Crippen LogP contribution in [0.25, 0.3) is 0 Å². The molecule has 8 nitrogen and oxygen atoms in total. The van der Waals surface area contributed by atoms with E-state index in [9.17, 15) is 19.5 Å². The second kappa shape index (κ2) is 12.6. The third-order valence-electron chi connectivity index (χ3n) is 6.98. The van der Waals surface area contributed by atoms with Crippen molar-refractivity contribution >= 4 is 23.6 Å². The number of aliphatic hydroxyl groups is 1. The zero-order valence-corrected chi connectivity index (χ0v) is 25.1. The predicted octanol–water partition coefficient (Wildman–Crippen LogP) is 5.50. The molecule has 0 aromatic heterocycles. The maximum atomic E-state index is 14.3. The van der Waals surface area contributed by atoms with E-state index < -0.39 is 41.8 Å². The fourth-order valence-electron chi connectivity index (χ4n) is 4.59. The number of nitrogens with one attached hydrogen (secondary N) is 2. The average Bonchev–Trinajstić information content (AvgIpc) is 2.82. The van der Waals surface area contributed by atoms with Crippen LogP contribution < -0.4 is 10.6 Å². The molecule has 2 unspecified atom stereocenters. The van der Waals surface area contributed by atoms with Crippen molar-refractivity contribution in [2.75, 3.05) is 11.9 Å². The Hall–Kier alpha value is -3.39. The minimum absolute atomic E-state index is 0.381. The molecular formula is C31H45N3O5. The Labute approximate surface area is 233 Å². The number of aryl methyl sites for hydroxylation is 4. The Bertz CT molecular complexity index is 1160. The smallest absolute Gasteiger partial charge is 0.408 e. The summed E-state index contributed by atoms with van der Waals surface area (Å²) in [4.78, 5) is 42.6. The summed E-state index contributed by atoms with van der Waals surface area (Å²) in [5.41, 5.74) is 3.27. The first-order valence-corrected chi connectivity index (χ1v) is 13.4. The lowest BCUT2D eigenvalue weighted by Crippen LogP contribution is -2.60. The van der Waals surface area contributed by atoms with Gasteiger partial charge in [0.2, 0.25) is 5.91 Å². The molecule has 3 N–H and O–H groups in total. The molecule has 39 heavy (non-hydrogen) atoms. The number of nitrogens with zero attached hydrogens (tertiary/aromatic N) is 1. The Balaban J connectivity index is 2.70. The van der Waals surface area contributed by atoms with Crippen LogP contribution in [0.5, 0.6) is 0 Å². The van der Waals surface area contributed by atoms with E-state index >= 15 is 0 Å². The zero-order chi connectivity index (χ0) is 29.7. The van der Waals surface area contributed by atoms with Crippen LogP contribution in [0.4, 0.5) is 10.5 Å². The third-order valence-corrected chi connectivity index (χ3v) is 6.98. The van der Waals surface area contributed by atoms with Gasteiger partial charge in [-0.05, 0) is 96.6 Å². The molecule has 2 aromatic rings. The number of aliphatic hydroxyl groups excluding tert-OH is 1. The van der Waals surface area contributed by atoms with Crippen LogP contribution in [0.1, 0.15) is 81.8 Å². The first kappa shape index (κ1) is 31.8. The van der Waals surface area contributed by atoms with Gasteiger partial charge in [0.15, 0.2) is 0 Å². The lowest BCUT2D eigenvalue weighted by molar-refractivity contribution is -0.148. The molecule has 214 valence electrons. The summed E-state index contributed by atoms with van der Waals surface area (Å²) in [5.74, 6) is -0.965. The van der Waals surface area contributed by atoms with Crippen LogP contribution in [-0.2, 0) is 14.3 Å². The summed E-state index contributed by atoms with van der Waals surface area (Å²) in [7, 11) is 0. The molecule has 0 aliphatic carbocycles. The first-order chi connectivity index (χ1) is 18.0. The molecule has 0 radical (unpaired) electrons. The third kappa shape index (κ3) is 7.82. The molecule has 2 aromatic carbocycles. The van der Waals surface area contributed by atoms with E-state index in [0.29, 0.717) is 17.7 Å². The van der Waals surface area contributed by atoms with Crippen LogP contribution in [-0.4, -0.2) is 51.7 Å². The molecular weight excluding hydrogens is 494 g/mol. The van der Waals surface area contributed by atoms with Gasteiger partial charge in [-0.2, -0.15) is 0 Å². The molecule has 0 spiro atoms. The summed E-state index contributed by atoms with van der Waals surface area (Å²) in [6.45, 7) is 17.8. The molecule has 0 aliphatic rings. The first-order valence-electron chi connectivity index (χ1n) is 13.4. The van der Waals surface area contributed by atoms with Gasteiger partial charge in [-0.25, -0.2) is 4.79 Å². The van der Waals surface area contributed by atoms with Crippen molar-refractivity contribution in [2.45, 2.75) is 98.9 Å². The summed E-state index contributed by atoms with van der Waals surface area (Å²) in [6, 6.07) is 9.13. The number of hydrogen-bond donors (Lipinski definition) is 3. The van der Waals surface area contributed by atoms with Gasteiger partial charge in [-0.3, -0.25) is 9.59 Å². The summed E-state index contributed by atoms with van der Waals surface area (Å²) >= 11 is 0. The maximum Gasteiger partial charge on any atom is 0.408 e. The van der Waals surface area contributed by atoms with Crippen molar-refractivity contribution in [2.24, 2.45) is 0 Å². The molecule has 8 heteroatoms. The molecule has 2 atom stereocenters. The van der Waals surface area contributed by atoms with E-state index in [-0.39, 0.29) is 5.91 Å². The number of alkyl carbamates (subject to hydrolysis) is 1. The van der Waals surface area contributed by atoms with E-state index in [2.05, 4.69) is 10.6 Å². The van der Waals surface area contributed by atoms with Crippen molar-refractivity contribution in [3.05, 3.63) is 64.2 Å². The van der Waals surface area contributed by atoms with Crippen LogP contribution in [0.15, 0.2) is 36.4 Å². The quantitative estimate of drug-likeness (QED) is 0.390. The lowest BCUT2D eigenvalue weighted by atomic mass is 9.88. The number of amides is 3. The van der Waals surface area contributed by atoms with Gasteiger partial charge in [-0.1, -0.05) is 43.3 Å². The monoisotopic (exact) mass is 539 g/mol. The molecule has 0 heterocycles. The second-order valence-electron chi connectivity index (χ2n) is 11.7. The Morgan fingerprint density at radius 1 is 0.897 bits per heavy atom. The van der Waals surface area contributed by atoms with Gasteiger partial charge >= 0.3 is 6.09 Å². The fourth-order valence-corrected chi connectivity index (χ4v) is 4.59. The number of carbonyl (C=O) groups is 3. The average molecular weight is 540 g/mol. The molecule has 0 aliphatic heterocycles. The van der Waals surface area contributed by atoms with Crippen molar-refractivity contribution < 1.29 is 24.2 Å². The van der Waals surface area contributed by atoms with Crippen molar-refractivity contribution in [3.63, 3.8) is 0 Å². The summed E-state index contributed by atoms with van der Waals surface area (Å²) < 4.78 is 5.34. The van der Waals surface area contributed by atoms with E-state index in [1.54, 1.807) is 20.8 Å². The highest BCUT2D eigenvalue weighted by Crippen LogP contribution is 2.36. The van der Waals surface area contributed by atoms with Crippen LogP contribution in [0, 0.1) is 27.7 Å². The zero-order valence-electron chi connectivity index (χ0n) is 25.1. The van der Waals surface area contributed by atoms with Crippen molar-refractivity contribution in [1.29, 1.82) is 0 Å². The standard InChI is InChI=1S/C31H45N3O5/c1-11-31(9,10)34(28(37)23(18-35)32-29(38)39-30(6,7)8)26(24-19(2)14-12-15-20(24)3)27(36)33-25-21(4)16-13-17-22(25)5/h12-17,23,26,35H,11,18H2,1-10H3,(H,32,38)(H,33,36). The SMILES string of the molecule is CCC(C)(C)N(C(=O)C(CO)NC(=O)OC(C)(C)C)C(C(=O)Nc1c(C)cccc1C)c1c(C)cccc1C. The molecule has 0 bridgehead atoms. The maximum absolute atomic E-state index is 14.3. The van der Waals surface area contributed by atoms with E-state index in [1.165, 1.54) is 4.90 Å². The normalized spacial score (nSPS) is 13.3. The Morgan fingerprint density at radius 2 is 1.38 bits per heavy atom. The van der Waals surface area contributed by atoms with Crippen LogP contribution in [0.3, 0.4) is 0 Å². The van der Waals surface area contributed by atoms with E-state index in [0.717, 1.165) is 22.3 Å². The predicted molar refractivity (Wildman–Crippen MR) is 155 cm³/mol. The number of benzene rings is 2. The van der Waals surface area contributed by atoms with Crippen LogP contribution in [0.2, 0.25) is 0 Å². The summed E-state index contributed by atoms with van der Waals surface area (Å²) in [6.07, 6.45) is -0.311. The number of para-hydroxylation sites is 1. The van der Waals surface area contributed by atoms with Gasteiger partial charge < -0.3 is 25.4 Å². The van der Waals surface area contributed by atoms with E-state index in [4.69, 9.17) is 4.74 Å². The highest BCUT2D eigenvalue weighted by atomic mass is 16.6. The van der Waals surface area contributed by atoms with E-state index in [1.807, 2.05) is 84.9 Å². The van der Waals surface area contributed by atoms with Gasteiger partial charge in [0.25, 0.3) is 5.91 Å². The number of hydrogen-bond acceptors (Lipinski definition) is 5. The highest BCUT2D eigenvalue weighted by Gasteiger charge is 2.44. The molecule has 3 amide bonds. The minimum atomic E-state index is -1.31. The molecule has 0 fully saturated rings. The fraction of sp³-hybridized carbons (Fsp3) is 0.516.